The summed E-state index contributed by atoms with van der Waals surface area (Å²) in [5.74, 6) is -0.138. The number of benzene rings is 2. The summed E-state index contributed by atoms with van der Waals surface area (Å²) in [7, 11) is 0. The first-order valence-corrected chi connectivity index (χ1v) is 7.81. The second-order valence-electron chi connectivity index (χ2n) is 6.02. The van der Waals surface area contributed by atoms with Gasteiger partial charge in [-0.2, -0.15) is 0 Å². The Morgan fingerprint density at radius 2 is 1.74 bits per heavy atom. The van der Waals surface area contributed by atoms with Gasteiger partial charge in [0.05, 0.1) is 0 Å². The Bertz CT molecular complexity index is 720. The van der Waals surface area contributed by atoms with E-state index in [0.29, 0.717) is 12.8 Å². The molecular weight excluding hydrogens is 288 g/mol. The van der Waals surface area contributed by atoms with Gasteiger partial charge in [-0.1, -0.05) is 24.3 Å². The van der Waals surface area contributed by atoms with Gasteiger partial charge in [-0.3, -0.25) is 14.5 Å². The zero-order valence-electron chi connectivity index (χ0n) is 13.4. The van der Waals surface area contributed by atoms with Crippen molar-refractivity contribution in [3.05, 3.63) is 59.7 Å². The van der Waals surface area contributed by atoms with E-state index in [2.05, 4.69) is 11.4 Å². The SMILES string of the molecule is Cc1cc(C)cc(NC(=O)C2CCC(=O)N2c2ccccc2)c1. The van der Waals surface area contributed by atoms with Crippen molar-refractivity contribution in [2.75, 3.05) is 10.2 Å². The van der Waals surface area contributed by atoms with Crippen LogP contribution in [0, 0.1) is 13.8 Å². The molecule has 0 aliphatic carbocycles. The van der Waals surface area contributed by atoms with E-state index >= 15 is 0 Å². The van der Waals surface area contributed by atoms with Crippen molar-refractivity contribution in [1.29, 1.82) is 0 Å². The number of rotatable bonds is 3. The van der Waals surface area contributed by atoms with Crippen LogP contribution in [0.2, 0.25) is 0 Å². The molecule has 0 saturated carbocycles. The van der Waals surface area contributed by atoms with Crippen molar-refractivity contribution in [3.8, 4) is 0 Å². The molecule has 3 rings (SSSR count). The van der Waals surface area contributed by atoms with Crippen LogP contribution < -0.4 is 10.2 Å². The smallest absolute Gasteiger partial charge is 0.247 e. The molecule has 1 fully saturated rings. The Kier molecular flexibility index (Phi) is 4.15. The van der Waals surface area contributed by atoms with E-state index < -0.39 is 6.04 Å². The number of amides is 2. The Balaban J connectivity index is 1.82. The average Bonchev–Trinajstić information content (AvgIpc) is 2.89. The van der Waals surface area contributed by atoms with Crippen molar-refractivity contribution >= 4 is 23.2 Å². The molecule has 0 radical (unpaired) electrons. The minimum atomic E-state index is -0.453. The Morgan fingerprint density at radius 1 is 1.09 bits per heavy atom. The molecule has 1 aliphatic rings. The Morgan fingerprint density at radius 3 is 2.39 bits per heavy atom. The number of carbonyl (C=O) groups excluding carboxylic acids is 2. The summed E-state index contributed by atoms with van der Waals surface area (Å²) < 4.78 is 0. The van der Waals surface area contributed by atoms with Crippen LogP contribution >= 0.6 is 0 Å². The second kappa shape index (κ2) is 6.24. The van der Waals surface area contributed by atoms with Gasteiger partial charge in [-0.25, -0.2) is 0 Å². The van der Waals surface area contributed by atoms with Gasteiger partial charge in [0.15, 0.2) is 0 Å². The molecule has 1 heterocycles. The third kappa shape index (κ3) is 3.26. The zero-order chi connectivity index (χ0) is 16.4. The number of hydrogen-bond acceptors (Lipinski definition) is 2. The molecule has 2 aromatic rings. The molecular formula is C19H20N2O2. The maximum absolute atomic E-state index is 12.7. The van der Waals surface area contributed by atoms with E-state index in [1.54, 1.807) is 4.90 Å². The fourth-order valence-corrected chi connectivity index (χ4v) is 3.12. The van der Waals surface area contributed by atoms with Crippen LogP contribution in [0.4, 0.5) is 11.4 Å². The molecule has 4 heteroatoms. The van der Waals surface area contributed by atoms with Gasteiger partial charge in [0.2, 0.25) is 11.8 Å². The summed E-state index contributed by atoms with van der Waals surface area (Å²) in [5.41, 5.74) is 3.75. The predicted molar refractivity (Wildman–Crippen MR) is 91.5 cm³/mol. The lowest BCUT2D eigenvalue weighted by atomic mass is 10.1. The standard InChI is InChI=1S/C19H20N2O2/c1-13-10-14(2)12-15(11-13)20-19(23)17-8-9-18(22)21(17)16-6-4-3-5-7-16/h3-7,10-12,17H,8-9H2,1-2H3,(H,20,23). The number of carbonyl (C=O) groups is 2. The second-order valence-corrected chi connectivity index (χ2v) is 6.02. The highest BCUT2D eigenvalue weighted by Gasteiger charge is 2.37. The molecule has 0 bridgehead atoms. The Labute approximate surface area is 136 Å². The fraction of sp³-hybridized carbons (Fsp3) is 0.263. The van der Waals surface area contributed by atoms with Gasteiger partial charge in [0.25, 0.3) is 0 Å². The lowest BCUT2D eigenvalue weighted by Crippen LogP contribution is -2.41. The molecule has 1 N–H and O–H groups in total. The minimum absolute atomic E-state index is 0.00299. The molecule has 0 spiro atoms. The molecule has 1 saturated heterocycles. The van der Waals surface area contributed by atoms with Crippen LogP contribution in [0.5, 0.6) is 0 Å². The van der Waals surface area contributed by atoms with Gasteiger partial charge in [0.1, 0.15) is 6.04 Å². The molecule has 1 aliphatic heterocycles. The van der Waals surface area contributed by atoms with E-state index in [1.807, 2.05) is 56.3 Å². The molecule has 23 heavy (non-hydrogen) atoms. The highest BCUT2D eigenvalue weighted by atomic mass is 16.2. The van der Waals surface area contributed by atoms with Gasteiger partial charge >= 0.3 is 0 Å². The fourth-order valence-electron chi connectivity index (χ4n) is 3.12. The van der Waals surface area contributed by atoms with E-state index in [4.69, 9.17) is 0 Å². The van der Waals surface area contributed by atoms with Crippen molar-refractivity contribution in [3.63, 3.8) is 0 Å². The summed E-state index contributed by atoms with van der Waals surface area (Å²) in [6.07, 6.45) is 0.949. The van der Waals surface area contributed by atoms with Gasteiger partial charge in [0, 0.05) is 17.8 Å². The average molecular weight is 308 g/mol. The van der Waals surface area contributed by atoms with Crippen LogP contribution in [-0.4, -0.2) is 17.9 Å². The third-order valence-corrected chi connectivity index (χ3v) is 4.04. The molecule has 1 unspecified atom stereocenters. The molecule has 0 aromatic heterocycles. The number of aryl methyl sites for hydroxylation is 2. The van der Waals surface area contributed by atoms with E-state index in [9.17, 15) is 9.59 Å². The summed E-state index contributed by atoms with van der Waals surface area (Å²) >= 11 is 0. The van der Waals surface area contributed by atoms with Crippen molar-refractivity contribution in [1.82, 2.24) is 0 Å². The first-order valence-electron chi connectivity index (χ1n) is 7.81. The van der Waals surface area contributed by atoms with Crippen molar-refractivity contribution in [2.45, 2.75) is 32.7 Å². The summed E-state index contributed by atoms with van der Waals surface area (Å²) in [5, 5.41) is 2.95. The van der Waals surface area contributed by atoms with Gasteiger partial charge < -0.3 is 5.32 Å². The van der Waals surface area contributed by atoms with Crippen LogP contribution in [-0.2, 0) is 9.59 Å². The highest BCUT2D eigenvalue weighted by molar-refractivity contribution is 6.07. The highest BCUT2D eigenvalue weighted by Crippen LogP contribution is 2.27. The number of nitrogens with one attached hydrogen (secondary N) is 1. The number of para-hydroxylation sites is 1. The van der Waals surface area contributed by atoms with Crippen molar-refractivity contribution < 1.29 is 9.59 Å². The summed E-state index contributed by atoms with van der Waals surface area (Å²) in [4.78, 5) is 26.5. The molecule has 118 valence electrons. The topological polar surface area (TPSA) is 49.4 Å². The van der Waals surface area contributed by atoms with Gasteiger partial charge in [-0.15, -0.1) is 0 Å². The van der Waals surface area contributed by atoms with E-state index in [1.165, 1.54) is 0 Å². The molecule has 2 aromatic carbocycles. The maximum Gasteiger partial charge on any atom is 0.247 e. The van der Waals surface area contributed by atoms with Crippen LogP contribution in [0.3, 0.4) is 0 Å². The largest absolute Gasteiger partial charge is 0.324 e. The monoisotopic (exact) mass is 308 g/mol. The third-order valence-electron chi connectivity index (χ3n) is 4.04. The van der Waals surface area contributed by atoms with Gasteiger partial charge in [-0.05, 0) is 55.7 Å². The summed E-state index contributed by atoms with van der Waals surface area (Å²) in [6, 6.07) is 14.9. The number of hydrogen-bond donors (Lipinski definition) is 1. The van der Waals surface area contributed by atoms with Crippen molar-refractivity contribution in [2.24, 2.45) is 0 Å². The lowest BCUT2D eigenvalue weighted by Gasteiger charge is -2.24. The quantitative estimate of drug-likeness (QED) is 0.944. The zero-order valence-corrected chi connectivity index (χ0v) is 13.4. The first-order chi connectivity index (χ1) is 11.0. The van der Waals surface area contributed by atoms with Crippen LogP contribution in [0.1, 0.15) is 24.0 Å². The summed E-state index contributed by atoms with van der Waals surface area (Å²) in [6.45, 7) is 4.00. The Hall–Kier alpha value is -2.62. The van der Waals surface area contributed by atoms with E-state index in [0.717, 1.165) is 22.5 Å². The molecule has 4 nitrogen and oxygen atoms in total. The van der Waals surface area contributed by atoms with Crippen LogP contribution in [0.25, 0.3) is 0 Å². The maximum atomic E-state index is 12.7. The van der Waals surface area contributed by atoms with E-state index in [-0.39, 0.29) is 11.8 Å². The first kappa shape index (κ1) is 15.3. The predicted octanol–water partition coefficient (Wildman–Crippen LogP) is 3.44. The minimum Gasteiger partial charge on any atom is -0.324 e. The van der Waals surface area contributed by atoms with Crippen LogP contribution in [0.15, 0.2) is 48.5 Å². The number of nitrogens with zero attached hydrogens (tertiary/aromatic N) is 1. The number of anilines is 2. The molecule has 1 atom stereocenters. The normalized spacial score (nSPS) is 17.4. The molecule has 2 amide bonds. The lowest BCUT2D eigenvalue weighted by molar-refractivity contribution is -0.120.